The molecule has 0 saturated heterocycles. The van der Waals surface area contributed by atoms with Crippen LogP contribution in [0.25, 0.3) is 5.69 Å². The summed E-state index contributed by atoms with van der Waals surface area (Å²) in [6.07, 6.45) is 1.52. The van der Waals surface area contributed by atoms with Crippen LogP contribution in [0.4, 0.5) is 0 Å². The standard InChI is InChI=1S/C17H14N6O3/c1-11(12-2-5-14(6-3-12)23-9-18-21-22-23)19-20-17(24)13-4-7-15-16(8-13)26-10-25-15/h2-9H,10H2,1H3,(H,20,24)/b19-11-. The molecule has 1 amide bonds. The molecule has 2 aromatic carbocycles. The molecule has 0 aliphatic carbocycles. The number of carbonyl (C=O) groups excluding carboxylic acids is 1. The highest BCUT2D eigenvalue weighted by Crippen LogP contribution is 2.32. The van der Waals surface area contributed by atoms with Crippen LogP contribution in [0.5, 0.6) is 11.5 Å². The van der Waals surface area contributed by atoms with Crippen molar-refractivity contribution < 1.29 is 14.3 Å². The van der Waals surface area contributed by atoms with Crippen LogP contribution in [-0.2, 0) is 0 Å². The third-order valence-corrected chi connectivity index (χ3v) is 3.86. The molecule has 0 bridgehead atoms. The summed E-state index contributed by atoms with van der Waals surface area (Å²) in [7, 11) is 0. The zero-order chi connectivity index (χ0) is 17.9. The Morgan fingerprint density at radius 2 is 1.88 bits per heavy atom. The first kappa shape index (κ1) is 15.8. The van der Waals surface area contributed by atoms with E-state index >= 15 is 0 Å². The average molecular weight is 350 g/mol. The molecule has 2 heterocycles. The van der Waals surface area contributed by atoms with Crippen LogP contribution in [0.1, 0.15) is 22.8 Å². The SMILES string of the molecule is C/C(=N/NC(=O)c1ccc2c(c1)OCO2)c1ccc(-n2cnnn2)cc1. The minimum atomic E-state index is -0.326. The molecule has 9 heteroatoms. The highest BCUT2D eigenvalue weighted by molar-refractivity contribution is 6.01. The number of nitrogens with one attached hydrogen (secondary N) is 1. The van der Waals surface area contributed by atoms with E-state index in [1.807, 2.05) is 31.2 Å². The quantitative estimate of drug-likeness (QED) is 0.565. The maximum atomic E-state index is 12.2. The Morgan fingerprint density at radius 3 is 2.65 bits per heavy atom. The molecule has 4 rings (SSSR count). The number of nitrogens with zero attached hydrogens (tertiary/aromatic N) is 5. The molecular formula is C17H14N6O3. The van der Waals surface area contributed by atoms with Gasteiger partial charge in [0.1, 0.15) is 6.33 Å². The molecule has 1 aromatic heterocycles. The van der Waals surface area contributed by atoms with Gasteiger partial charge in [-0.25, -0.2) is 10.1 Å². The summed E-state index contributed by atoms with van der Waals surface area (Å²) in [6, 6.07) is 12.5. The van der Waals surface area contributed by atoms with Crippen LogP contribution in [0.2, 0.25) is 0 Å². The van der Waals surface area contributed by atoms with Gasteiger partial charge < -0.3 is 9.47 Å². The van der Waals surface area contributed by atoms with Gasteiger partial charge in [-0.2, -0.15) is 5.10 Å². The lowest BCUT2D eigenvalue weighted by molar-refractivity contribution is 0.0954. The van der Waals surface area contributed by atoms with E-state index in [2.05, 4.69) is 26.1 Å². The van der Waals surface area contributed by atoms with Crippen molar-refractivity contribution in [1.29, 1.82) is 0 Å². The minimum Gasteiger partial charge on any atom is -0.454 e. The number of carbonyl (C=O) groups is 1. The lowest BCUT2D eigenvalue weighted by Gasteiger charge is -2.05. The van der Waals surface area contributed by atoms with Gasteiger partial charge in [-0.05, 0) is 53.2 Å². The van der Waals surface area contributed by atoms with Gasteiger partial charge in [0.2, 0.25) is 6.79 Å². The van der Waals surface area contributed by atoms with Crippen molar-refractivity contribution in [1.82, 2.24) is 25.6 Å². The molecule has 1 N–H and O–H groups in total. The fourth-order valence-electron chi connectivity index (χ4n) is 2.44. The van der Waals surface area contributed by atoms with Gasteiger partial charge in [-0.3, -0.25) is 4.79 Å². The molecule has 0 atom stereocenters. The van der Waals surface area contributed by atoms with Crippen LogP contribution in [0, 0.1) is 0 Å². The molecule has 1 aliphatic heterocycles. The van der Waals surface area contributed by atoms with Crippen molar-refractivity contribution in [3.8, 4) is 17.2 Å². The number of tetrazole rings is 1. The van der Waals surface area contributed by atoms with Crippen molar-refractivity contribution >= 4 is 11.6 Å². The summed E-state index contributed by atoms with van der Waals surface area (Å²) in [5.41, 5.74) is 5.36. The maximum Gasteiger partial charge on any atom is 0.271 e. The molecule has 26 heavy (non-hydrogen) atoms. The molecule has 3 aromatic rings. The summed E-state index contributed by atoms with van der Waals surface area (Å²) in [5.74, 6) is 0.855. The first-order valence-electron chi connectivity index (χ1n) is 7.79. The molecule has 0 spiro atoms. The van der Waals surface area contributed by atoms with E-state index in [0.717, 1.165) is 11.3 Å². The van der Waals surface area contributed by atoms with Crippen LogP contribution in [0.15, 0.2) is 53.9 Å². The lowest BCUT2D eigenvalue weighted by Crippen LogP contribution is -2.19. The van der Waals surface area contributed by atoms with Gasteiger partial charge in [-0.15, -0.1) is 5.10 Å². The first-order valence-corrected chi connectivity index (χ1v) is 7.79. The number of ether oxygens (including phenoxy) is 2. The van der Waals surface area contributed by atoms with Gasteiger partial charge in [0, 0.05) is 5.56 Å². The van der Waals surface area contributed by atoms with Crippen molar-refractivity contribution in [3.05, 3.63) is 59.9 Å². The van der Waals surface area contributed by atoms with Crippen molar-refractivity contribution in [2.45, 2.75) is 6.92 Å². The third-order valence-electron chi connectivity index (χ3n) is 3.86. The fraction of sp³-hybridized carbons (Fsp3) is 0.118. The van der Waals surface area contributed by atoms with Crippen molar-refractivity contribution in [2.75, 3.05) is 6.79 Å². The van der Waals surface area contributed by atoms with Crippen LogP contribution >= 0.6 is 0 Å². The Bertz CT molecular complexity index is 967. The Hall–Kier alpha value is -3.75. The summed E-state index contributed by atoms with van der Waals surface area (Å²) in [6.45, 7) is 1.98. The number of benzene rings is 2. The number of hydrogen-bond donors (Lipinski definition) is 1. The zero-order valence-electron chi connectivity index (χ0n) is 13.8. The van der Waals surface area contributed by atoms with Crippen molar-refractivity contribution in [2.24, 2.45) is 5.10 Å². The van der Waals surface area contributed by atoms with E-state index < -0.39 is 0 Å². The molecule has 1 aliphatic rings. The predicted octanol–water partition coefficient (Wildman–Crippen LogP) is 1.54. The number of amides is 1. The summed E-state index contributed by atoms with van der Waals surface area (Å²) in [5, 5.41) is 15.2. The number of rotatable bonds is 4. The fourth-order valence-corrected chi connectivity index (χ4v) is 2.44. The summed E-state index contributed by atoms with van der Waals surface area (Å²) >= 11 is 0. The molecular weight excluding hydrogens is 336 g/mol. The van der Waals surface area contributed by atoms with Crippen LogP contribution in [-0.4, -0.2) is 38.6 Å². The smallest absolute Gasteiger partial charge is 0.271 e. The van der Waals surface area contributed by atoms with E-state index in [9.17, 15) is 4.79 Å². The van der Waals surface area contributed by atoms with E-state index in [1.54, 1.807) is 22.9 Å². The summed E-state index contributed by atoms with van der Waals surface area (Å²) < 4.78 is 12.1. The average Bonchev–Trinajstić information content (AvgIpc) is 3.37. The second kappa shape index (κ2) is 6.63. The first-order chi connectivity index (χ1) is 12.7. The highest BCUT2D eigenvalue weighted by Gasteiger charge is 2.16. The summed E-state index contributed by atoms with van der Waals surface area (Å²) in [4.78, 5) is 12.2. The molecule has 0 saturated carbocycles. The third kappa shape index (κ3) is 3.09. The van der Waals surface area contributed by atoms with E-state index in [1.165, 1.54) is 6.33 Å². The number of aromatic nitrogens is 4. The van der Waals surface area contributed by atoms with Gasteiger partial charge in [0.15, 0.2) is 11.5 Å². The van der Waals surface area contributed by atoms with E-state index in [-0.39, 0.29) is 12.7 Å². The lowest BCUT2D eigenvalue weighted by atomic mass is 10.1. The van der Waals surface area contributed by atoms with E-state index in [0.29, 0.717) is 22.8 Å². The maximum absolute atomic E-state index is 12.2. The van der Waals surface area contributed by atoms with E-state index in [4.69, 9.17) is 9.47 Å². The number of hydrogen-bond acceptors (Lipinski definition) is 7. The topological polar surface area (TPSA) is 104 Å². The predicted molar refractivity (Wildman–Crippen MR) is 91.4 cm³/mol. The number of fused-ring (bicyclic) bond motifs is 1. The second-order valence-electron chi connectivity index (χ2n) is 5.51. The van der Waals surface area contributed by atoms with Crippen LogP contribution in [0.3, 0.4) is 0 Å². The Morgan fingerprint density at radius 1 is 1.12 bits per heavy atom. The largest absolute Gasteiger partial charge is 0.454 e. The van der Waals surface area contributed by atoms with Gasteiger partial charge in [-0.1, -0.05) is 12.1 Å². The van der Waals surface area contributed by atoms with Gasteiger partial charge >= 0.3 is 0 Å². The second-order valence-corrected chi connectivity index (χ2v) is 5.51. The number of hydrazone groups is 1. The van der Waals surface area contributed by atoms with Gasteiger partial charge in [0.25, 0.3) is 5.91 Å². The normalized spacial score (nSPS) is 12.9. The molecule has 0 unspecified atom stereocenters. The highest BCUT2D eigenvalue weighted by atomic mass is 16.7. The molecule has 130 valence electrons. The minimum absolute atomic E-state index is 0.165. The van der Waals surface area contributed by atoms with Gasteiger partial charge in [0.05, 0.1) is 11.4 Å². The van der Waals surface area contributed by atoms with Crippen molar-refractivity contribution in [3.63, 3.8) is 0 Å². The molecule has 0 fully saturated rings. The zero-order valence-corrected chi connectivity index (χ0v) is 13.8. The van der Waals surface area contributed by atoms with Crippen LogP contribution < -0.4 is 14.9 Å². The molecule has 0 radical (unpaired) electrons. The Kier molecular flexibility index (Phi) is 4.02. The Labute approximate surface area is 148 Å². The Balaban J connectivity index is 1.45. The molecule has 9 nitrogen and oxygen atoms in total. The monoisotopic (exact) mass is 350 g/mol.